The van der Waals surface area contributed by atoms with Crippen molar-refractivity contribution >= 4 is 22.9 Å². The molecule has 3 aromatic rings. The summed E-state index contributed by atoms with van der Waals surface area (Å²) in [7, 11) is 0. The van der Waals surface area contributed by atoms with Crippen molar-refractivity contribution in [1.29, 1.82) is 0 Å². The molecule has 1 heterocycles. The number of nitrogens with one attached hydrogen (secondary N) is 1. The van der Waals surface area contributed by atoms with Crippen molar-refractivity contribution in [2.75, 3.05) is 5.32 Å². The number of hydrogen-bond donors (Lipinski definition) is 1. The van der Waals surface area contributed by atoms with E-state index in [9.17, 15) is 9.18 Å². The molecular weight excluding hydrogens is 351 g/mol. The predicted octanol–water partition coefficient (Wildman–Crippen LogP) is 4.66. The van der Waals surface area contributed by atoms with Crippen LogP contribution in [0.4, 0.5) is 10.1 Å². The Kier molecular flexibility index (Phi) is 5.63. The van der Waals surface area contributed by atoms with Crippen LogP contribution in [-0.2, 0) is 17.8 Å². The van der Waals surface area contributed by atoms with E-state index in [1.807, 2.05) is 37.4 Å². The van der Waals surface area contributed by atoms with Crippen molar-refractivity contribution in [3.63, 3.8) is 0 Å². The number of anilines is 1. The minimum absolute atomic E-state index is 0.102. The highest BCUT2D eigenvalue weighted by Gasteiger charge is 2.10. The van der Waals surface area contributed by atoms with Crippen molar-refractivity contribution in [1.82, 2.24) is 4.98 Å². The maximum absolute atomic E-state index is 12.9. The van der Waals surface area contributed by atoms with Crippen LogP contribution in [0.5, 0.6) is 5.75 Å². The van der Waals surface area contributed by atoms with Gasteiger partial charge in [-0.2, -0.15) is 0 Å². The van der Waals surface area contributed by atoms with Gasteiger partial charge in [0.05, 0.1) is 12.1 Å². The van der Waals surface area contributed by atoms with E-state index in [1.165, 1.54) is 23.5 Å². The number of halogens is 1. The summed E-state index contributed by atoms with van der Waals surface area (Å²) in [5.41, 5.74) is 3.73. The summed E-state index contributed by atoms with van der Waals surface area (Å²) < 4.78 is 18.4. The van der Waals surface area contributed by atoms with E-state index in [0.717, 1.165) is 21.8 Å². The molecule has 134 valence electrons. The summed E-state index contributed by atoms with van der Waals surface area (Å²) in [6.07, 6.45) is 0.209. The van der Waals surface area contributed by atoms with Gasteiger partial charge in [0, 0.05) is 11.1 Å². The molecular formula is C20H19FN2O2S. The first-order valence-corrected chi connectivity index (χ1v) is 9.07. The highest BCUT2D eigenvalue weighted by atomic mass is 32.1. The highest BCUT2D eigenvalue weighted by molar-refractivity contribution is 7.09. The van der Waals surface area contributed by atoms with Crippen LogP contribution in [0.3, 0.4) is 0 Å². The highest BCUT2D eigenvalue weighted by Crippen LogP contribution is 2.19. The monoisotopic (exact) mass is 370 g/mol. The molecule has 0 aliphatic heterocycles. The summed E-state index contributed by atoms with van der Waals surface area (Å²) in [6, 6.07) is 11.7. The predicted molar refractivity (Wildman–Crippen MR) is 101 cm³/mol. The van der Waals surface area contributed by atoms with Crippen LogP contribution in [0.1, 0.15) is 21.8 Å². The molecule has 3 rings (SSSR count). The fourth-order valence-electron chi connectivity index (χ4n) is 2.42. The first-order chi connectivity index (χ1) is 12.5. The van der Waals surface area contributed by atoms with E-state index in [2.05, 4.69) is 10.3 Å². The fraction of sp³-hybridized carbons (Fsp3) is 0.200. The second-order valence-electron chi connectivity index (χ2n) is 5.95. The molecule has 6 heteroatoms. The van der Waals surface area contributed by atoms with Crippen LogP contribution in [0.15, 0.2) is 47.8 Å². The standard InChI is InChI=1S/C20H19FN2O2S/c1-13-4-3-5-18(14(13)2)23-19(24)10-16-12-26-20(22-16)11-25-17-8-6-15(21)7-9-17/h3-9,12H,10-11H2,1-2H3,(H,23,24). The molecule has 0 aliphatic rings. The maximum atomic E-state index is 12.9. The van der Waals surface area contributed by atoms with Gasteiger partial charge in [-0.15, -0.1) is 11.3 Å². The van der Waals surface area contributed by atoms with E-state index < -0.39 is 0 Å². The molecule has 0 saturated carbocycles. The third-order valence-electron chi connectivity index (χ3n) is 4.00. The third kappa shape index (κ3) is 4.67. The zero-order valence-electron chi connectivity index (χ0n) is 14.6. The zero-order chi connectivity index (χ0) is 18.5. The lowest BCUT2D eigenvalue weighted by molar-refractivity contribution is -0.115. The van der Waals surface area contributed by atoms with Gasteiger partial charge in [-0.3, -0.25) is 4.79 Å². The first kappa shape index (κ1) is 18.1. The van der Waals surface area contributed by atoms with Gasteiger partial charge in [0.15, 0.2) is 0 Å². The zero-order valence-corrected chi connectivity index (χ0v) is 15.4. The van der Waals surface area contributed by atoms with Crippen LogP contribution in [0.2, 0.25) is 0 Å². The van der Waals surface area contributed by atoms with E-state index in [4.69, 9.17) is 4.74 Å². The number of thiazole rings is 1. The van der Waals surface area contributed by atoms with Crippen LogP contribution < -0.4 is 10.1 Å². The molecule has 0 unspecified atom stereocenters. The molecule has 0 fully saturated rings. The summed E-state index contributed by atoms with van der Waals surface area (Å²) in [4.78, 5) is 16.7. The molecule has 0 radical (unpaired) electrons. The lowest BCUT2D eigenvalue weighted by Gasteiger charge is -2.09. The Balaban J connectivity index is 1.55. The summed E-state index contributed by atoms with van der Waals surface area (Å²) >= 11 is 1.44. The van der Waals surface area contributed by atoms with Crippen LogP contribution >= 0.6 is 11.3 Å². The van der Waals surface area contributed by atoms with Gasteiger partial charge in [-0.25, -0.2) is 9.37 Å². The Labute approximate surface area is 155 Å². The Morgan fingerprint density at radius 3 is 2.73 bits per heavy atom. The van der Waals surface area contributed by atoms with E-state index in [-0.39, 0.29) is 24.8 Å². The second-order valence-corrected chi connectivity index (χ2v) is 6.89. The molecule has 2 aromatic carbocycles. The van der Waals surface area contributed by atoms with Crippen LogP contribution in [-0.4, -0.2) is 10.9 Å². The van der Waals surface area contributed by atoms with Crippen molar-refractivity contribution in [3.8, 4) is 5.75 Å². The van der Waals surface area contributed by atoms with Gasteiger partial charge in [0.2, 0.25) is 5.91 Å². The molecule has 0 saturated heterocycles. The number of aryl methyl sites for hydroxylation is 1. The smallest absolute Gasteiger partial charge is 0.230 e. The third-order valence-corrected chi connectivity index (χ3v) is 4.87. The van der Waals surface area contributed by atoms with Crippen molar-refractivity contribution in [3.05, 3.63) is 75.5 Å². The number of amides is 1. The fourth-order valence-corrected chi connectivity index (χ4v) is 3.12. The van der Waals surface area contributed by atoms with Gasteiger partial charge < -0.3 is 10.1 Å². The number of ether oxygens (including phenoxy) is 1. The molecule has 0 spiro atoms. The summed E-state index contributed by atoms with van der Waals surface area (Å²) in [5.74, 6) is 0.176. The Morgan fingerprint density at radius 1 is 1.19 bits per heavy atom. The van der Waals surface area contributed by atoms with Crippen molar-refractivity contribution in [2.24, 2.45) is 0 Å². The van der Waals surface area contributed by atoms with Crippen molar-refractivity contribution < 1.29 is 13.9 Å². The van der Waals surface area contributed by atoms with Gasteiger partial charge >= 0.3 is 0 Å². The quantitative estimate of drug-likeness (QED) is 0.687. The van der Waals surface area contributed by atoms with Gasteiger partial charge in [-0.05, 0) is 55.3 Å². The van der Waals surface area contributed by atoms with Gasteiger partial charge in [-0.1, -0.05) is 12.1 Å². The Bertz CT molecular complexity index is 906. The van der Waals surface area contributed by atoms with Crippen LogP contribution in [0, 0.1) is 19.7 Å². The minimum Gasteiger partial charge on any atom is -0.486 e. The molecule has 0 aliphatic carbocycles. The number of rotatable bonds is 6. The summed E-state index contributed by atoms with van der Waals surface area (Å²) in [5, 5.41) is 5.55. The van der Waals surface area contributed by atoms with Crippen LogP contribution in [0.25, 0.3) is 0 Å². The van der Waals surface area contributed by atoms with Gasteiger partial charge in [0.1, 0.15) is 23.2 Å². The molecule has 0 atom stereocenters. The Morgan fingerprint density at radius 2 is 1.96 bits per heavy atom. The maximum Gasteiger partial charge on any atom is 0.230 e. The second kappa shape index (κ2) is 8.10. The van der Waals surface area contributed by atoms with E-state index >= 15 is 0 Å². The number of nitrogens with zero attached hydrogens (tertiary/aromatic N) is 1. The summed E-state index contributed by atoms with van der Waals surface area (Å²) in [6.45, 7) is 4.28. The molecule has 0 bridgehead atoms. The van der Waals surface area contributed by atoms with Crippen molar-refractivity contribution in [2.45, 2.75) is 26.9 Å². The molecule has 1 amide bonds. The normalized spacial score (nSPS) is 10.6. The molecule has 1 N–H and O–H groups in total. The average Bonchev–Trinajstić information content (AvgIpc) is 3.06. The number of hydrogen-bond acceptors (Lipinski definition) is 4. The minimum atomic E-state index is -0.302. The lowest BCUT2D eigenvalue weighted by atomic mass is 10.1. The van der Waals surface area contributed by atoms with E-state index in [1.54, 1.807) is 12.1 Å². The number of carbonyl (C=O) groups is 1. The number of carbonyl (C=O) groups excluding carboxylic acids is 1. The average molecular weight is 370 g/mol. The molecule has 1 aromatic heterocycles. The first-order valence-electron chi connectivity index (χ1n) is 8.19. The number of aromatic nitrogens is 1. The Hall–Kier alpha value is -2.73. The SMILES string of the molecule is Cc1cccc(NC(=O)Cc2csc(COc3ccc(F)cc3)n2)c1C. The topological polar surface area (TPSA) is 51.2 Å². The van der Waals surface area contributed by atoms with Gasteiger partial charge in [0.25, 0.3) is 0 Å². The molecule has 4 nitrogen and oxygen atoms in total. The van der Waals surface area contributed by atoms with E-state index in [0.29, 0.717) is 11.4 Å². The number of benzene rings is 2. The largest absolute Gasteiger partial charge is 0.486 e. The molecule has 26 heavy (non-hydrogen) atoms. The lowest BCUT2D eigenvalue weighted by Crippen LogP contribution is -2.15.